The number of hydrogen-bond donors (Lipinski definition) is 0. The summed E-state index contributed by atoms with van der Waals surface area (Å²) in [5, 5.41) is 0. The molecular weight excluding hydrogens is 262 g/mol. The molecule has 0 unspecified atom stereocenters. The summed E-state index contributed by atoms with van der Waals surface area (Å²) >= 11 is 0. The zero-order valence-electron chi connectivity index (χ0n) is 8.95. The molecule has 0 aliphatic carbocycles. The van der Waals surface area contributed by atoms with Gasteiger partial charge >= 0.3 is 35.9 Å². The monoisotopic (exact) mass is 273 g/mol. The molecule has 0 radical (unpaired) electrons. The van der Waals surface area contributed by atoms with Crippen LogP contribution in [-0.4, -0.2) is 50.3 Å². The maximum absolute atomic E-state index is 11.9. The van der Waals surface area contributed by atoms with Crippen molar-refractivity contribution >= 4 is 10.1 Å². The molecule has 10 heteroatoms. The van der Waals surface area contributed by atoms with Crippen LogP contribution in [0.2, 0.25) is 0 Å². The maximum Gasteiger partial charge on any atom is 1.00 e. The van der Waals surface area contributed by atoms with Gasteiger partial charge in [-0.15, -0.1) is 0 Å². The van der Waals surface area contributed by atoms with Gasteiger partial charge in [0, 0.05) is 13.2 Å². The van der Waals surface area contributed by atoms with Crippen molar-refractivity contribution in [3.8, 4) is 0 Å². The van der Waals surface area contributed by atoms with Crippen molar-refractivity contribution in [3.05, 3.63) is 0 Å². The van der Waals surface area contributed by atoms with Crippen LogP contribution >= 0.6 is 0 Å². The molecule has 16 heavy (non-hydrogen) atoms. The predicted octanol–water partition coefficient (Wildman–Crippen LogP) is -2.65. The van der Waals surface area contributed by atoms with E-state index >= 15 is 0 Å². The molecule has 0 aromatic heterocycles. The Bertz CT molecular complexity index is 282. The van der Waals surface area contributed by atoms with Crippen LogP contribution in [0.25, 0.3) is 0 Å². The van der Waals surface area contributed by atoms with E-state index in [0.717, 1.165) is 7.05 Å². The van der Waals surface area contributed by atoms with Crippen LogP contribution in [0.15, 0.2) is 0 Å². The summed E-state index contributed by atoms with van der Waals surface area (Å²) < 4.78 is 70.1. The van der Waals surface area contributed by atoms with Crippen LogP contribution in [-0.2, 0) is 14.9 Å². The van der Waals surface area contributed by atoms with Crippen LogP contribution < -0.4 is 29.6 Å². The smallest absolute Gasteiger partial charge is 0.746 e. The molecule has 0 aromatic rings. The van der Waals surface area contributed by atoms with E-state index in [-0.39, 0.29) is 54.0 Å². The van der Waals surface area contributed by atoms with Gasteiger partial charge in [-0.05, 0) is 13.5 Å². The van der Waals surface area contributed by atoms with E-state index in [9.17, 15) is 26.1 Å². The summed E-state index contributed by atoms with van der Waals surface area (Å²) in [6, 6.07) is 0. The van der Waals surface area contributed by atoms with Crippen LogP contribution in [0.4, 0.5) is 13.2 Å². The summed E-state index contributed by atoms with van der Waals surface area (Å²) in [4.78, 5) is 0.141. The normalized spacial score (nSPS) is 12.6. The molecule has 5 nitrogen and oxygen atoms in total. The molecule has 0 rings (SSSR count). The zero-order valence-corrected chi connectivity index (χ0v) is 11.8. The third-order valence-electron chi connectivity index (χ3n) is 1.44. The van der Waals surface area contributed by atoms with E-state index < -0.39 is 22.4 Å². The average molecular weight is 273 g/mol. The standard InChI is InChI=1S/C6H12F3NO4S.Na/c1-10(6(7,8)9)3-2-4-14-5-15(11,12)13;/h2-5H2,1H3,(H,11,12,13);/q;+1/p-1. The summed E-state index contributed by atoms with van der Waals surface area (Å²) in [6.07, 6.45) is -4.42. The number of hydrogen-bond acceptors (Lipinski definition) is 5. The molecule has 0 spiro atoms. The van der Waals surface area contributed by atoms with Crippen LogP contribution in [0.3, 0.4) is 0 Å². The second kappa shape index (κ2) is 7.85. The van der Waals surface area contributed by atoms with Crippen molar-refractivity contribution in [1.82, 2.24) is 4.90 Å². The molecule has 92 valence electrons. The van der Waals surface area contributed by atoms with Crippen LogP contribution in [0, 0.1) is 0 Å². The van der Waals surface area contributed by atoms with Gasteiger partial charge in [0.25, 0.3) is 0 Å². The van der Waals surface area contributed by atoms with E-state index in [1.807, 2.05) is 0 Å². The van der Waals surface area contributed by atoms with Gasteiger partial charge in [-0.25, -0.2) is 13.3 Å². The third-order valence-corrected chi connectivity index (χ3v) is 1.90. The van der Waals surface area contributed by atoms with Gasteiger partial charge in [0.1, 0.15) is 16.1 Å². The molecular formula is C6H11F3NNaO4S. The zero-order chi connectivity index (χ0) is 12.1. The van der Waals surface area contributed by atoms with Crippen molar-refractivity contribution in [3.63, 3.8) is 0 Å². The number of alkyl halides is 3. The molecule has 0 heterocycles. The van der Waals surface area contributed by atoms with Gasteiger partial charge in [0.05, 0.1) is 0 Å². The van der Waals surface area contributed by atoms with E-state index in [1.165, 1.54) is 0 Å². The first-order valence-corrected chi connectivity index (χ1v) is 5.50. The van der Waals surface area contributed by atoms with Crippen molar-refractivity contribution in [2.45, 2.75) is 12.7 Å². The Hall–Kier alpha value is 0.620. The summed E-state index contributed by atoms with van der Waals surface area (Å²) in [5.41, 5.74) is 0. The molecule has 0 aliphatic heterocycles. The number of halogens is 3. The van der Waals surface area contributed by atoms with Gasteiger partial charge in [0.2, 0.25) is 0 Å². The molecule has 0 amide bonds. The average Bonchev–Trinajstić information content (AvgIpc) is 1.99. The minimum atomic E-state index is -4.46. The first-order chi connectivity index (χ1) is 6.63. The van der Waals surface area contributed by atoms with Gasteiger partial charge in [-0.3, -0.25) is 0 Å². The quantitative estimate of drug-likeness (QED) is 0.229. The Labute approximate surface area is 114 Å². The van der Waals surface area contributed by atoms with E-state index in [2.05, 4.69) is 4.74 Å². The van der Waals surface area contributed by atoms with E-state index in [1.54, 1.807) is 0 Å². The predicted molar refractivity (Wildman–Crippen MR) is 43.8 cm³/mol. The number of rotatable bonds is 6. The summed E-state index contributed by atoms with van der Waals surface area (Å²) in [6.45, 7) is -0.524. The maximum atomic E-state index is 11.9. The molecule has 0 saturated heterocycles. The largest absolute Gasteiger partial charge is 1.00 e. The van der Waals surface area contributed by atoms with Gasteiger partial charge < -0.3 is 9.29 Å². The van der Waals surface area contributed by atoms with Crippen molar-refractivity contribution in [2.24, 2.45) is 0 Å². The summed E-state index contributed by atoms with van der Waals surface area (Å²) in [7, 11) is -3.60. The Morgan fingerprint density at radius 2 is 1.88 bits per heavy atom. The SMILES string of the molecule is CN(CCCOCS(=O)(=O)[O-])C(F)(F)F.[Na+]. The minimum Gasteiger partial charge on any atom is -0.746 e. The van der Waals surface area contributed by atoms with Crippen molar-refractivity contribution in [2.75, 3.05) is 26.1 Å². The Morgan fingerprint density at radius 1 is 1.38 bits per heavy atom. The first kappa shape index (κ1) is 19.0. The fourth-order valence-corrected chi connectivity index (χ4v) is 1.01. The number of ether oxygens (including phenoxy) is 1. The Balaban J connectivity index is 0. The summed E-state index contributed by atoms with van der Waals surface area (Å²) in [5.74, 6) is -1.01. The molecule has 0 N–H and O–H groups in total. The van der Waals surface area contributed by atoms with Gasteiger partial charge in [0.15, 0.2) is 0 Å². The van der Waals surface area contributed by atoms with Crippen molar-refractivity contribution < 1.29 is 60.4 Å². The second-order valence-electron chi connectivity index (χ2n) is 2.83. The van der Waals surface area contributed by atoms with E-state index in [4.69, 9.17) is 0 Å². The fraction of sp³-hybridized carbons (Fsp3) is 1.00. The van der Waals surface area contributed by atoms with Gasteiger partial charge in [-0.2, -0.15) is 13.2 Å². The molecule has 0 aromatic carbocycles. The minimum absolute atomic E-state index is 0. The Morgan fingerprint density at radius 3 is 2.25 bits per heavy atom. The number of nitrogens with zero attached hydrogens (tertiary/aromatic N) is 1. The molecule has 0 bridgehead atoms. The third kappa shape index (κ3) is 11.1. The first-order valence-electron chi connectivity index (χ1n) is 3.92. The molecule has 0 atom stereocenters. The van der Waals surface area contributed by atoms with Crippen molar-refractivity contribution in [1.29, 1.82) is 0 Å². The molecule has 0 saturated carbocycles. The molecule has 0 fully saturated rings. The second-order valence-corrected chi connectivity index (χ2v) is 4.18. The topological polar surface area (TPSA) is 69.7 Å². The molecule has 0 aliphatic rings. The van der Waals surface area contributed by atoms with Crippen LogP contribution in [0.5, 0.6) is 0 Å². The van der Waals surface area contributed by atoms with Crippen LogP contribution in [0.1, 0.15) is 6.42 Å². The Kier molecular flexibility index (Phi) is 9.31. The van der Waals surface area contributed by atoms with Gasteiger partial charge in [-0.1, -0.05) is 0 Å². The van der Waals surface area contributed by atoms with E-state index in [0.29, 0.717) is 0 Å². The fourth-order valence-electron chi connectivity index (χ4n) is 0.692.